The molecule has 3 rings (SSSR count). The minimum Gasteiger partial charge on any atom is -0.326 e. The number of anilines is 1. The van der Waals surface area contributed by atoms with Gasteiger partial charge in [-0.15, -0.1) is 0 Å². The van der Waals surface area contributed by atoms with Gasteiger partial charge in [-0.25, -0.2) is 9.38 Å². The highest BCUT2D eigenvalue weighted by Crippen LogP contribution is 2.32. The van der Waals surface area contributed by atoms with Gasteiger partial charge in [-0.3, -0.25) is 14.5 Å². The summed E-state index contributed by atoms with van der Waals surface area (Å²) in [7, 11) is 0. The smallest absolute Gasteiger partial charge is 0.242 e. The van der Waals surface area contributed by atoms with Crippen LogP contribution in [0.5, 0.6) is 0 Å². The number of hydrogen-bond donors (Lipinski definition) is 1. The molecule has 0 aliphatic carbocycles. The molecular weight excluding hydrogens is 401 g/mol. The van der Waals surface area contributed by atoms with Crippen LogP contribution in [0.2, 0.25) is 5.02 Å². The number of benzene rings is 2. The third-order valence-corrected chi connectivity index (χ3v) is 5.81. The molecule has 0 bridgehead atoms. The van der Waals surface area contributed by atoms with E-state index < -0.39 is 11.1 Å². The van der Waals surface area contributed by atoms with Crippen molar-refractivity contribution in [3.8, 4) is 0 Å². The van der Waals surface area contributed by atoms with Gasteiger partial charge in [0.15, 0.2) is 5.17 Å². The van der Waals surface area contributed by atoms with Crippen LogP contribution in [-0.4, -0.2) is 33.7 Å². The van der Waals surface area contributed by atoms with Crippen LogP contribution in [0.4, 0.5) is 15.8 Å². The number of thioether (sulfide) groups is 1. The van der Waals surface area contributed by atoms with E-state index in [0.717, 1.165) is 5.56 Å². The van der Waals surface area contributed by atoms with Crippen molar-refractivity contribution in [3.63, 3.8) is 0 Å². The molecule has 2 aromatic carbocycles. The summed E-state index contributed by atoms with van der Waals surface area (Å²) in [5.74, 6) is -0.967. The molecule has 1 aliphatic rings. The number of para-hydroxylation sites is 1. The maximum atomic E-state index is 13.9. The van der Waals surface area contributed by atoms with Gasteiger partial charge in [0.25, 0.3) is 0 Å². The molecule has 2 aromatic rings. The minimum absolute atomic E-state index is 0.0121. The van der Waals surface area contributed by atoms with Gasteiger partial charge in [-0.05, 0) is 43.7 Å². The van der Waals surface area contributed by atoms with Crippen molar-refractivity contribution in [3.05, 3.63) is 58.9 Å². The molecule has 146 valence electrons. The molecule has 0 aromatic heterocycles. The molecule has 1 heterocycles. The molecule has 1 atom stereocenters. The van der Waals surface area contributed by atoms with Gasteiger partial charge in [0.1, 0.15) is 16.8 Å². The van der Waals surface area contributed by atoms with E-state index in [9.17, 15) is 14.0 Å². The lowest BCUT2D eigenvalue weighted by Gasteiger charge is -2.13. The van der Waals surface area contributed by atoms with Crippen molar-refractivity contribution in [1.29, 1.82) is 0 Å². The number of nitrogens with one attached hydrogen (secondary N) is 1. The van der Waals surface area contributed by atoms with Crippen LogP contribution < -0.4 is 5.32 Å². The van der Waals surface area contributed by atoms with Crippen LogP contribution in [0.15, 0.2) is 47.5 Å². The van der Waals surface area contributed by atoms with Gasteiger partial charge in [0.2, 0.25) is 11.8 Å². The second-order valence-corrected chi connectivity index (χ2v) is 7.83. The predicted molar refractivity (Wildman–Crippen MR) is 112 cm³/mol. The number of nitrogens with zero attached hydrogens (tertiary/aromatic N) is 2. The van der Waals surface area contributed by atoms with E-state index in [1.165, 1.54) is 22.7 Å². The third-order valence-electron chi connectivity index (χ3n) is 4.23. The summed E-state index contributed by atoms with van der Waals surface area (Å²) in [6.07, 6.45) is -0.0121. The molecule has 1 aliphatic heterocycles. The lowest BCUT2D eigenvalue weighted by Crippen LogP contribution is -2.33. The summed E-state index contributed by atoms with van der Waals surface area (Å²) in [4.78, 5) is 30.8. The van der Waals surface area contributed by atoms with Crippen LogP contribution in [0.3, 0.4) is 0 Å². The molecule has 28 heavy (non-hydrogen) atoms. The first kappa shape index (κ1) is 20.4. The molecule has 0 radical (unpaired) electrons. The van der Waals surface area contributed by atoms with Gasteiger partial charge < -0.3 is 5.32 Å². The highest BCUT2D eigenvalue weighted by molar-refractivity contribution is 8.15. The highest BCUT2D eigenvalue weighted by atomic mass is 35.5. The molecule has 1 fully saturated rings. The lowest BCUT2D eigenvalue weighted by molar-refractivity contribution is -0.128. The van der Waals surface area contributed by atoms with Gasteiger partial charge >= 0.3 is 0 Å². The molecule has 5 nitrogen and oxygen atoms in total. The minimum atomic E-state index is -0.605. The Morgan fingerprint density at radius 3 is 2.75 bits per heavy atom. The van der Waals surface area contributed by atoms with Gasteiger partial charge in [-0.2, -0.15) is 0 Å². The van der Waals surface area contributed by atoms with Crippen LogP contribution in [0.1, 0.15) is 18.9 Å². The molecule has 2 amide bonds. The number of aryl methyl sites for hydroxylation is 1. The standard InChI is InChI=1S/C20H19ClFN3O2S/c1-3-25-19(27)17(28-20(25)24-16-7-5-4-6-15(16)22)11-18(26)23-13-9-8-12(2)14(21)10-13/h4-10,17H,3,11H2,1-2H3,(H,23,26). The van der Waals surface area contributed by atoms with Crippen LogP contribution >= 0.6 is 23.4 Å². The van der Waals surface area contributed by atoms with Crippen molar-refractivity contribution in [2.75, 3.05) is 11.9 Å². The fourth-order valence-electron chi connectivity index (χ4n) is 2.71. The second-order valence-electron chi connectivity index (χ2n) is 6.25. The topological polar surface area (TPSA) is 61.8 Å². The average molecular weight is 420 g/mol. The fraction of sp³-hybridized carbons (Fsp3) is 0.250. The van der Waals surface area contributed by atoms with Gasteiger partial charge in [0.05, 0.1) is 0 Å². The normalized spacial score (nSPS) is 18.0. The number of amides is 2. The number of carbonyl (C=O) groups is 2. The molecule has 1 saturated heterocycles. The lowest BCUT2D eigenvalue weighted by atomic mass is 10.2. The Balaban J connectivity index is 1.72. The van der Waals surface area contributed by atoms with Crippen molar-refractivity contribution in [2.45, 2.75) is 25.5 Å². The first-order chi connectivity index (χ1) is 13.4. The molecule has 0 saturated carbocycles. The molecular formula is C20H19ClFN3O2S. The number of hydrogen-bond acceptors (Lipinski definition) is 4. The molecule has 8 heteroatoms. The zero-order chi connectivity index (χ0) is 20.3. The maximum absolute atomic E-state index is 13.9. The largest absolute Gasteiger partial charge is 0.326 e. The number of halogens is 2. The van der Waals surface area contributed by atoms with E-state index in [2.05, 4.69) is 10.3 Å². The quantitative estimate of drug-likeness (QED) is 0.759. The van der Waals surface area contributed by atoms with Crippen molar-refractivity contribution >= 4 is 51.7 Å². The van der Waals surface area contributed by atoms with E-state index in [4.69, 9.17) is 11.6 Å². The Bertz CT molecular complexity index is 951. The summed E-state index contributed by atoms with van der Waals surface area (Å²) >= 11 is 7.25. The Morgan fingerprint density at radius 1 is 1.32 bits per heavy atom. The Morgan fingerprint density at radius 2 is 2.07 bits per heavy atom. The number of amidine groups is 1. The van der Waals surface area contributed by atoms with Gasteiger partial charge in [-0.1, -0.05) is 41.6 Å². The SMILES string of the molecule is CCN1C(=O)C(CC(=O)Nc2ccc(C)c(Cl)c2)SC1=Nc1ccccc1F. The number of carbonyl (C=O) groups excluding carboxylic acids is 2. The van der Waals surface area contributed by atoms with Crippen LogP contribution in [0, 0.1) is 12.7 Å². The Kier molecular flexibility index (Phi) is 6.36. The zero-order valence-corrected chi connectivity index (χ0v) is 17.0. The molecule has 0 spiro atoms. The van der Waals surface area contributed by atoms with E-state index in [1.54, 1.807) is 30.3 Å². The van der Waals surface area contributed by atoms with Crippen LogP contribution in [-0.2, 0) is 9.59 Å². The summed E-state index contributed by atoms with van der Waals surface area (Å²) in [6, 6.07) is 11.3. The molecule has 1 unspecified atom stereocenters. The fourth-order valence-corrected chi connectivity index (χ4v) is 4.11. The highest BCUT2D eigenvalue weighted by Gasteiger charge is 2.38. The number of aliphatic imine (C=N–C) groups is 1. The van der Waals surface area contributed by atoms with E-state index in [-0.39, 0.29) is 23.9 Å². The second kappa shape index (κ2) is 8.75. The van der Waals surface area contributed by atoms with Crippen molar-refractivity contribution < 1.29 is 14.0 Å². The maximum Gasteiger partial charge on any atom is 0.242 e. The first-order valence-corrected chi connectivity index (χ1v) is 10.0. The molecule has 1 N–H and O–H groups in total. The summed E-state index contributed by atoms with van der Waals surface area (Å²) in [5.41, 5.74) is 1.65. The summed E-state index contributed by atoms with van der Waals surface area (Å²) in [6.45, 7) is 4.08. The van der Waals surface area contributed by atoms with Crippen molar-refractivity contribution in [1.82, 2.24) is 4.90 Å². The predicted octanol–water partition coefficient (Wildman–Crippen LogP) is 4.77. The van der Waals surface area contributed by atoms with E-state index in [0.29, 0.717) is 22.4 Å². The van der Waals surface area contributed by atoms with E-state index in [1.807, 2.05) is 19.9 Å². The van der Waals surface area contributed by atoms with Crippen molar-refractivity contribution in [2.24, 2.45) is 4.99 Å². The average Bonchev–Trinajstić information content (AvgIpc) is 2.94. The zero-order valence-electron chi connectivity index (χ0n) is 15.4. The monoisotopic (exact) mass is 419 g/mol. The Labute approximate surface area is 172 Å². The summed E-state index contributed by atoms with van der Waals surface area (Å²) < 4.78 is 13.9. The van der Waals surface area contributed by atoms with Crippen LogP contribution in [0.25, 0.3) is 0 Å². The summed E-state index contributed by atoms with van der Waals surface area (Å²) in [5, 5.41) is 3.10. The number of rotatable bonds is 5. The van der Waals surface area contributed by atoms with E-state index >= 15 is 0 Å². The third kappa shape index (κ3) is 4.54. The van der Waals surface area contributed by atoms with Gasteiger partial charge in [0, 0.05) is 23.7 Å². The first-order valence-electron chi connectivity index (χ1n) is 8.76. The Hall–Kier alpha value is -2.38.